The fourth-order valence-electron chi connectivity index (χ4n) is 1.36. The number of aryl methyl sites for hydroxylation is 1. The largest absolute Gasteiger partial charge is 0.492 e. The first kappa shape index (κ1) is 12.5. The van der Waals surface area contributed by atoms with Crippen LogP contribution in [0.4, 0.5) is 0 Å². The van der Waals surface area contributed by atoms with Crippen LogP contribution in [0.5, 0.6) is 5.75 Å². The number of unbranched alkanes of at least 4 members (excludes halogenated alkanes) is 2. The summed E-state index contributed by atoms with van der Waals surface area (Å²) in [6, 6.07) is 3.73. The number of aliphatic carboxylic acids is 1. The molecule has 1 aromatic rings. The SMILES string of the molecule is Cc1ncccc1OCCCCCC(=O)O. The third-order valence-electron chi connectivity index (χ3n) is 2.25. The Hall–Kier alpha value is -1.58. The van der Waals surface area contributed by atoms with Crippen molar-refractivity contribution in [3.05, 3.63) is 24.0 Å². The number of aromatic nitrogens is 1. The van der Waals surface area contributed by atoms with Crippen LogP contribution in [0.3, 0.4) is 0 Å². The van der Waals surface area contributed by atoms with Crippen molar-refractivity contribution in [2.24, 2.45) is 0 Å². The maximum Gasteiger partial charge on any atom is 0.303 e. The second-order valence-corrected chi connectivity index (χ2v) is 3.64. The van der Waals surface area contributed by atoms with Crippen molar-refractivity contribution in [3.8, 4) is 5.75 Å². The number of rotatable bonds is 7. The minimum atomic E-state index is -0.732. The van der Waals surface area contributed by atoms with Gasteiger partial charge in [0.1, 0.15) is 5.75 Å². The zero-order chi connectivity index (χ0) is 11.8. The van der Waals surface area contributed by atoms with Crippen molar-refractivity contribution in [1.82, 2.24) is 4.98 Å². The van der Waals surface area contributed by atoms with E-state index in [0.29, 0.717) is 13.0 Å². The molecule has 4 nitrogen and oxygen atoms in total. The van der Waals surface area contributed by atoms with Crippen molar-refractivity contribution >= 4 is 5.97 Å². The molecule has 4 heteroatoms. The summed E-state index contributed by atoms with van der Waals surface area (Å²) in [6.45, 7) is 2.52. The van der Waals surface area contributed by atoms with E-state index in [-0.39, 0.29) is 6.42 Å². The van der Waals surface area contributed by atoms with E-state index in [1.54, 1.807) is 6.20 Å². The van der Waals surface area contributed by atoms with Crippen LogP contribution in [-0.4, -0.2) is 22.7 Å². The van der Waals surface area contributed by atoms with E-state index in [1.165, 1.54) is 0 Å². The molecule has 0 aliphatic rings. The van der Waals surface area contributed by atoms with Crippen molar-refractivity contribution in [1.29, 1.82) is 0 Å². The molecule has 88 valence electrons. The van der Waals surface area contributed by atoms with E-state index in [0.717, 1.165) is 24.3 Å². The second kappa shape index (κ2) is 6.82. The van der Waals surface area contributed by atoms with Crippen molar-refractivity contribution < 1.29 is 14.6 Å². The van der Waals surface area contributed by atoms with E-state index in [2.05, 4.69) is 4.98 Å². The van der Waals surface area contributed by atoms with Crippen LogP contribution in [-0.2, 0) is 4.79 Å². The standard InChI is InChI=1S/C12H17NO3/c1-10-11(6-5-8-13-10)16-9-4-2-3-7-12(14)15/h5-6,8H,2-4,7,9H2,1H3,(H,14,15). The lowest BCUT2D eigenvalue weighted by Crippen LogP contribution is -2.00. The summed E-state index contributed by atoms with van der Waals surface area (Å²) in [5.41, 5.74) is 0.882. The summed E-state index contributed by atoms with van der Waals surface area (Å²) in [7, 11) is 0. The fraction of sp³-hybridized carbons (Fsp3) is 0.500. The van der Waals surface area contributed by atoms with Gasteiger partial charge in [0.2, 0.25) is 0 Å². The average molecular weight is 223 g/mol. The number of hydrogen-bond acceptors (Lipinski definition) is 3. The zero-order valence-corrected chi connectivity index (χ0v) is 9.48. The predicted octanol–water partition coefficient (Wildman–Crippen LogP) is 2.41. The van der Waals surface area contributed by atoms with E-state index in [9.17, 15) is 4.79 Å². The zero-order valence-electron chi connectivity index (χ0n) is 9.48. The summed E-state index contributed by atoms with van der Waals surface area (Å²) >= 11 is 0. The molecule has 1 heterocycles. The highest BCUT2D eigenvalue weighted by molar-refractivity contribution is 5.66. The van der Waals surface area contributed by atoms with Gasteiger partial charge in [-0.05, 0) is 38.3 Å². The minimum absolute atomic E-state index is 0.242. The molecule has 0 radical (unpaired) electrons. The third kappa shape index (κ3) is 4.77. The van der Waals surface area contributed by atoms with Gasteiger partial charge in [-0.25, -0.2) is 0 Å². The van der Waals surface area contributed by atoms with Gasteiger partial charge >= 0.3 is 5.97 Å². The first-order chi connectivity index (χ1) is 7.70. The van der Waals surface area contributed by atoms with Crippen LogP contribution < -0.4 is 4.74 Å². The van der Waals surface area contributed by atoms with Crippen LogP contribution in [0.15, 0.2) is 18.3 Å². The molecular weight excluding hydrogens is 206 g/mol. The van der Waals surface area contributed by atoms with Gasteiger partial charge in [0.25, 0.3) is 0 Å². The molecule has 1 rings (SSSR count). The van der Waals surface area contributed by atoms with E-state index < -0.39 is 5.97 Å². The first-order valence-corrected chi connectivity index (χ1v) is 5.46. The highest BCUT2D eigenvalue weighted by Gasteiger charge is 1.99. The maximum absolute atomic E-state index is 10.3. The lowest BCUT2D eigenvalue weighted by Gasteiger charge is -2.07. The lowest BCUT2D eigenvalue weighted by atomic mass is 10.2. The van der Waals surface area contributed by atoms with Gasteiger partial charge in [-0.15, -0.1) is 0 Å². The Balaban J connectivity index is 2.12. The molecule has 0 saturated heterocycles. The lowest BCUT2D eigenvalue weighted by molar-refractivity contribution is -0.137. The molecule has 16 heavy (non-hydrogen) atoms. The highest BCUT2D eigenvalue weighted by atomic mass is 16.5. The summed E-state index contributed by atoms with van der Waals surface area (Å²) < 4.78 is 5.53. The Morgan fingerprint density at radius 1 is 1.44 bits per heavy atom. The Bertz CT molecular complexity index is 339. The second-order valence-electron chi connectivity index (χ2n) is 3.64. The predicted molar refractivity (Wildman–Crippen MR) is 60.6 cm³/mol. The third-order valence-corrected chi connectivity index (χ3v) is 2.25. The monoisotopic (exact) mass is 223 g/mol. The topological polar surface area (TPSA) is 59.4 Å². The summed E-state index contributed by atoms with van der Waals surface area (Å²) in [6.07, 6.45) is 4.44. The van der Waals surface area contributed by atoms with E-state index >= 15 is 0 Å². The van der Waals surface area contributed by atoms with Crippen LogP contribution in [0.25, 0.3) is 0 Å². The molecular formula is C12H17NO3. The van der Waals surface area contributed by atoms with Gasteiger partial charge in [0.15, 0.2) is 0 Å². The summed E-state index contributed by atoms with van der Waals surface area (Å²) in [5, 5.41) is 8.44. The molecule has 0 bridgehead atoms. The minimum Gasteiger partial charge on any atom is -0.492 e. The van der Waals surface area contributed by atoms with Crippen molar-refractivity contribution in [2.45, 2.75) is 32.6 Å². The van der Waals surface area contributed by atoms with E-state index in [4.69, 9.17) is 9.84 Å². The fourth-order valence-corrected chi connectivity index (χ4v) is 1.36. The van der Waals surface area contributed by atoms with Gasteiger partial charge in [-0.3, -0.25) is 9.78 Å². The van der Waals surface area contributed by atoms with Gasteiger partial charge in [-0.1, -0.05) is 0 Å². The molecule has 0 fully saturated rings. The molecule has 0 aliphatic heterocycles. The number of carboxylic acid groups (broad SMARTS) is 1. The Kier molecular flexibility index (Phi) is 5.32. The normalized spacial score (nSPS) is 10.1. The molecule has 0 saturated carbocycles. The maximum atomic E-state index is 10.3. The average Bonchev–Trinajstić information content (AvgIpc) is 2.25. The summed E-state index contributed by atoms with van der Waals surface area (Å²) in [5.74, 6) is 0.0738. The van der Waals surface area contributed by atoms with Gasteiger partial charge in [0.05, 0.1) is 12.3 Å². The molecule has 0 aliphatic carbocycles. The number of pyridine rings is 1. The molecule has 1 N–H and O–H groups in total. The van der Waals surface area contributed by atoms with E-state index in [1.807, 2.05) is 19.1 Å². The van der Waals surface area contributed by atoms with Gasteiger partial charge in [0, 0.05) is 12.6 Å². The van der Waals surface area contributed by atoms with Crippen LogP contribution in [0.2, 0.25) is 0 Å². The number of hydrogen-bond donors (Lipinski definition) is 1. The first-order valence-electron chi connectivity index (χ1n) is 5.46. The van der Waals surface area contributed by atoms with Crippen LogP contribution in [0.1, 0.15) is 31.4 Å². The van der Waals surface area contributed by atoms with Crippen LogP contribution in [0, 0.1) is 6.92 Å². The number of ether oxygens (including phenoxy) is 1. The quantitative estimate of drug-likeness (QED) is 0.721. The molecule has 0 unspecified atom stereocenters. The molecule has 0 amide bonds. The van der Waals surface area contributed by atoms with Gasteiger partial charge in [-0.2, -0.15) is 0 Å². The highest BCUT2D eigenvalue weighted by Crippen LogP contribution is 2.14. The number of nitrogens with zero attached hydrogens (tertiary/aromatic N) is 1. The smallest absolute Gasteiger partial charge is 0.303 e. The van der Waals surface area contributed by atoms with Crippen molar-refractivity contribution in [2.75, 3.05) is 6.61 Å². The van der Waals surface area contributed by atoms with Crippen molar-refractivity contribution in [3.63, 3.8) is 0 Å². The Labute approximate surface area is 95.3 Å². The molecule has 0 spiro atoms. The van der Waals surface area contributed by atoms with Gasteiger partial charge < -0.3 is 9.84 Å². The Morgan fingerprint density at radius 3 is 2.94 bits per heavy atom. The summed E-state index contributed by atoms with van der Waals surface area (Å²) in [4.78, 5) is 14.4. The van der Waals surface area contributed by atoms with Crippen LogP contribution >= 0.6 is 0 Å². The Morgan fingerprint density at radius 2 is 2.25 bits per heavy atom. The number of carbonyl (C=O) groups is 1. The molecule has 0 aromatic carbocycles. The molecule has 1 aromatic heterocycles. The number of carboxylic acids is 1. The molecule has 0 atom stereocenters.